The Morgan fingerprint density at radius 2 is 1.69 bits per heavy atom. The van der Waals surface area contributed by atoms with E-state index in [9.17, 15) is 14.4 Å². The first-order valence-electron chi connectivity index (χ1n) is 9.75. The topological polar surface area (TPSA) is 120 Å². The average molecular weight is 446 g/mol. The molecule has 3 N–H and O–H groups in total. The fourth-order valence-corrected chi connectivity index (χ4v) is 4.10. The van der Waals surface area contributed by atoms with Gasteiger partial charge in [-0.3, -0.25) is 19.0 Å². The van der Waals surface area contributed by atoms with Crippen LogP contribution in [0.2, 0.25) is 0 Å². The van der Waals surface area contributed by atoms with Gasteiger partial charge in [0.2, 0.25) is 5.78 Å². The number of hydrogen-bond donors (Lipinski definition) is 2. The van der Waals surface area contributed by atoms with Gasteiger partial charge in [-0.15, -0.1) is 0 Å². The van der Waals surface area contributed by atoms with Crippen LogP contribution in [-0.2, 0) is 16.0 Å². The summed E-state index contributed by atoms with van der Waals surface area (Å²) in [6.07, 6.45) is 4.72. The number of benzene rings is 2. The molecule has 9 heteroatoms. The van der Waals surface area contributed by atoms with Crippen LogP contribution in [0, 0.1) is 0 Å². The van der Waals surface area contributed by atoms with Gasteiger partial charge in [-0.1, -0.05) is 72.0 Å². The molecule has 4 rings (SSSR count). The minimum absolute atomic E-state index is 0.137. The second-order valence-corrected chi connectivity index (χ2v) is 7.98. The zero-order valence-corrected chi connectivity index (χ0v) is 17.7. The fraction of sp³-hybridized carbons (Fsp3) is 0.0870. The second-order valence-electron chi connectivity index (χ2n) is 6.97. The van der Waals surface area contributed by atoms with Crippen LogP contribution in [0.15, 0.2) is 79.4 Å². The molecule has 0 aliphatic heterocycles. The molecule has 0 aliphatic rings. The third-order valence-electron chi connectivity index (χ3n) is 4.78. The van der Waals surface area contributed by atoms with Crippen molar-refractivity contribution in [3.05, 3.63) is 90.6 Å². The molecular weight excluding hydrogens is 426 g/mol. The lowest BCUT2D eigenvalue weighted by molar-refractivity contribution is -0.137. The Hall–Kier alpha value is -4.11. The lowest BCUT2D eigenvalue weighted by Gasteiger charge is -2.16. The number of thiazole rings is 1. The Morgan fingerprint density at radius 1 is 1.00 bits per heavy atom. The van der Waals surface area contributed by atoms with Gasteiger partial charge in [-0.25, -0.2) is 9.97 Å². The van der Waals surface area contributed by atoms with Crippen molar-refractivity contribution in [3.8, 4) is 15.6 Å². The summed E-state index contributed by atoms with van der Waals surface area (Å²) < 4.78 is 1.54. The van der Waals surface area contributed by atoms with E-state index in [1.165, 1.54) is 23.9 Å². The zero-order valence-electron chi connectivity index (χ0n) is 16.8. The number of nitrogens with two attached hydrogens (primary N) is 1. The van der Waals surface area contributed by atoms with Crippen molar-refractivity contribution in [2.75, 3.05) is 0 Å². The number of Topliss-reactive ketones (excluding diaryl/α,β-unsaturated/α-hetero) is 1. The summed E-state index contributed by atoms with van der Waals surface area (Å²) in [5.41, 5.74) is 7.18. The number of amides is 2. The summed E-state index contributed by atoms with van der Waals surface area (Å²) in [5, 5.41) is 3.17. The first-order chi connectivity index (χ1) is 15.5. The third kappa shape index (κ3) is 4.62. The summed E-state index contributed by atoms with van der Waals surface area (Å²) >= 11 is 1.40. The highest BCUT2D eigenvalue weighted by molar-refractivity contribution is 7.17. The second kappa shape index (κ2) is 9.36. The monoisotopic (exact) mass is 445 g/mol. The smallest absolute Gasteiger partial charge is 0.287 e. The first-order valence-corrected chi connectivity index (χ1v) is 10.6. The van der Waals surface area contributed by atoms with E-state index in [1.54, 1.807) is 22.9 Å². The van der Waals surface area contributed by atoms with E-state index in [4.69, 9.17) is 5.73 Å². The van der Waals surface area contributed by atoms with Gasteiger partial charge in [0.25, 0.3) is 11.8 Å². The number of nitrogens with one attached hydrogen (secondary N) is 1. The van der Waals surface area contributed by atoms with E-state index in [1.807, 2.05) is 48.5 Å². The van der Waals surface area contributed by atoms with Crippen molar-refractivity contribution >= 4 is 28.9 Å². The number of ketones is 1. The van der Waals surface area contributed by atoms with Crippen molar-refractivity contribution < 1.29 is 14.4 Å². The van der Waals surface area contributed by atoms with Crippen LogP contribution in [0.3, 0.4) is 0 Å². The van der Waals surface area contributed by atoms with Gasteiger partial charge in [0.1, 0.15) is 18.1 Å². The van der Waals surface area contributed by atoms with E-state index in [-0.39, 0.29) is 12.1 Å². The maximum Gasteiger partial charge on any atom is 0.287 e. The molecule has 8 nitrogen and oxygen atoms in total. The molecule has 4 aromatic rings. The lowest BCUT2D eigenvalue weighted by atomic mass is 10.0. The Kier molecular flexibility index (Phi) is 6.18. The van der Waals surface area contributed by atoms with Gasteiger partial charge in [0.15, 0.2) is 5.13 Å². The van der Waals surface area contributed by atoms with Crippen molar-refractivity contribution in [2.45, 2.75) is 12.5 Å². The number of carbonyl (C=O) groups excluding carboxylic acids is 3. The number of rotatable bonds is 8. The number of aromatic nitrogens is 3. The molecule has 2 aromatic heterocycles. The molecule has 2 heterocycles. The molecule has 0 fully saturated rings. The normalized spacial score (nSPS) is 11.6. The van der Waals surface area contributed by atoms with Crippen LogP contribution in [0.1, 0.15) is 16.1 Å². The Balaban J connectivity index is 1.57. The molecule has 2 amide bonds. The third-order valence-corrected chi connectivity index (χ3v) is 5.82. The molecule has 0 spiro atoms. The Labute approximate surface area is 187 Å². The predicted octanol–water partition coefficient (Wildman–Crippen LogP) is 2.39. The molecule has 0 aliphatic carbocycles. The van der Waals surface area contributed by atoms with Crippen LogP contribution in [0.4, 0.5) is 0 Å². The van der Waals surface area contributed by atoms with Crippen LogP contribution >= 0.6 is 11.3 Å². The molecule has 0 saturated heterocycles. The SMILES string of the molecule is NC(=O)C(=O)[C@H](Cc1ccccc1)NC(=O)c1cncn1-c1ncc(-c2ccccc2)s1. The van der Waals surface area contributed by atoms with Crippen molar-refractivity contribution in [1.29, 1.82) is 0 Å². The van der Waals surface area contributed by atoms with E-state index < -0.39 is 23.6 Å². The van der Waals surface area contributed by atoms with Crippen LogP contribution in [0.25, 0.3) is 15.6 Å². The highest BCUT2D eigenvalue weighted by Gasteiger charge is 2.27. The number of nitrogens with zero attached hydrogens (tertiary/aromatic N) is 3. The van der Waals surface area contributed by atoms with Crippen molar-refractivity contribution in [2.24, 2.45) is 5.73 Å². The molecular formula is C23H19N5O3S. The standard InChI is InChI=1S/C23H19N5O3S/c24-21(30)20(29)17(11-15-7-3-1-4-8-15)27-22(31)18-12-25-14-28(18)23-26-13-19(32-23)16-9-5-2-6-10-16/h1-10,12-14,17H,11H2,(H2,24,30)(H,27,31)/t17-/m0/s1. The van der Waals surface area contributed by atoms with Gasteiger partial charge >= 0.3 is 0 Å². The molecule has 0 saturated carbocycles. The summed E-state index contributed by atoms with van der Waals surface area (Å²) in [7, 11) is 0. The summed E-state index contributed by atoms with van der Waals surface area (Å²) in [6, 6.07) is 17.7. The number of imidazole rings is 1. The minimum Gasteiger partial charge on any atom is -0.363 e. The summed E-state index contributed by atoms with van der Waals surface area (Å²) in [5.74, 6) is -2.53. The first kappa shape index (κ1) is 21.1. The quantitative estimate of drug-likeness (QED) is 0.404. The summed E-state index contributed by atoms with van der Waals surface area (Å²) in [6.45, 7) is 0. The Bertz CT molecular complexity index is 1250. The Morgan fingerprint density at radius 3 is 2.38 bits per heavy atom. The van der Waals surface area contributed by atoms with Crippen molar-refractivity contribution in [3.63, 3.8) is 0 Å². The molecule has 0 radical (unpaired) electrons. The highest BCUT2D eigenvalue weighted by Crippen LogP contribution is 2.28. The molecule has 160 valence electrons. The van der Waals surface area contributed by atoms with Gasteiger partial charge < -0.3 is 11.1 Å². The van der Waals surface area contributed by atoms with Crippen LogP contribution in [-0.4, -0.2) is 38.2 Å². The van der Waals surface area contributed by atoms with Crippen LogP contribution < -0.4 is 11.1 Å². The average Bonchev–Trinajstić information content (AvgIpc) is 3.49. The predicted molar refractivity (Wildman–Crippen MR) is 120 cm³/mol. The van der Waals surface area contributed by atoms with E-state index >= 15 is 0 Å². The fourth-order valence-electron chi connectivity index (χ4n) is 3.19. The van der Waals surface area contributed by atoms with Crippen LogP contribution in [0.5, 0.6) is 0 Å². The number of primary amides is 1. The summed E-state index contributed by atoms with van der Waals surface area (Å²) in [4.78, 5) is 46.3. The van der Waals surface area contributed by atoms with Crippen molar-refractivity contribution in [1.82, 2.24) is 19.9 Å². The van der Waals surface area contributed by atoms with E-state index in [2.05, 4.69) is 15.3 Å². The number of carbonyl (C=O) groups is 3. The van der Waals surface area contributed by atoms with Gasteiger partial charge in [-0.05, 0) is 11.1 Å². The van der Waals surface area contributed by atoms with Gasteiger partial charge in [0, 0.05) is 12.6 Å². The molecule has 32 heavy (non-hydrogen) atoms. The lowest BCUT2D eigenvalue weighted by Crippen LogP contribution is -2.47. The molecule has 1 atom stereocenters. The molecule has 0 unspecified atom stereocenters. The zero-order chi connectivity index (χ0) is 22.5. The van der Waals surface area contributed by atoms with E-state index in [0.29, 0.717) is 5.13 Å². The highest BCUT2D eigenvalue weighted by atomic mass is 32.1. The number of hydrogen-bond acceptors (Lipinski definition) is 6. The molecule has 2 aromatic carbocycles. The molecule has 0 bridgehead atoms. The minimum atomic E-state index is -1.10. The maximum atomic E-state index is 13.0. The maximum absolute atomic E-state index is 13.0. The van der Waals surface area contributed by atoms with E-state index in [0.717, 1.165) is 16.0 Å². The largest absolute Gasteiger partial charge is 0.363 e. The van der Waals surface area contributed by atoms with Gasteiger partial charge in [0.05, 0.1) is 11.1 Å². The van der Waals surface area contributed by atoms with Gasteiger partial charge in [-0.2, -0.15) is 0 Å².